The van der Waals surface area contributed by atoms with Gasteiger partial charge < -0.3 is 14.8 Å². The van der Waals surface area contributed by atoms with Crippen LogP contribution in [0.2, 0.25) is 0 Å². The lowest BCUT2D eigenvalue weighted by molar-refractivity contribution is -0.118. The number of hydrogen-bond donors (Lipinski definition) is 1. The quantitative estimate of drug-likeness (QED) is 0.817. The van der Waals surface area contributed by atoms with Crippen LogP contribution in [-0.4, -0.2) is 30.7 Å². The van der Waals surface area contributed by atoms with Crippen LogP contribution in [0.25, 0.3) is 5.70 Å². The van der Waals surface area contributed by atoms with Gasteiger partial charge in [-0.05, 0) is 36.2 Å². The monoisotopic (exact) mass is 389 g/mol. The molecule has 1 amide bonds. The van der Waals surface area contributed by atoms with Crippen LogP contribution >= 0.6 is 0 Å². The maximum absolute atomic E-state index is 13.0. The molecule has 1 N–H and O–H groups in total. The van der Waals surface area contributed by atoms with E-state index in [1.807, 2.05) is 30.3 Å². The Hall–Kier alpha value is -3.61. The van der Waals surface area contributed by atoms with Crippen molar-refractivity contribution < 1.29 is 19.1 Å². The van der Waals surface area contributed by atoms with Gasteiger partial charge in [0.1, 0.15) is 5.71 Å². The van der Waals surface area contributed by atoms with Gasteiger partial charge in [-0.1, -0.05) is 18.2 Å². The van der Waals surface area contributed by atoms with Crippen molar-refractivity contribution in [1.82, 2.24) is 5.32 Å². The lowest BCUT2D eigenvalue weighted by Gasteiger charge is -2.24. The Labute approximate surface area is 167 Å². The lowest BCUT2D eigenvalue weighted by Crippen LogP contribution is -2.34. The molecule has 0 unspecified atom stereocenters. The van der Waals surface area contributed by atoms with E-state index in [4.69, 9.17) is 9.47 Å². The van der Waals surface area contributed by atoms with Gasteiger partial charge in [-0.2, -0.15) is 5.10 Å². The number of fused-ring (bicyclic) bond motifs is 2. The number of rotatable bonds is 3. The van der Waals surface area contributed by atoms with Gasteiger partial charge >= 0.3 is 0 Å². The van der Waals surface area contributed by atoms with Crippen molar-refractivity contribution in [3.63, 3.8) is 0 Å². The summed E-state index contributed by atoms with van der Waals surface area (Å²) in [6.07, 6.45) is 3.00. The number of ketones is 1. The normalized spacial score (nSPS) is 18.9. The molecule has 0 aliphatic carbocycles. The van der Waals surface area contributed by atoms with Crippen LogP contribution in [0.4, 0.5) is 5.69 Å². The number of para-hydroxylation sites is 1. The Morgan fingerprint density at radius 3 is 2.69 bits per heavy atom. The summed E-state index contributed by atoms with van der Waals surface area (Å²) in [7, 11) is 0. The summed E-state index contributed by atoms with van der Waals surface area (Å²) in [6, 6.07) is 13.0. The fourth-order valence-corrected chi connectivity index (χ4v) is 3.71. The fourth-order valence-electron chi connectivity index (χ4n) is 3.71. The van der Waals surface area contributed by atoms with Crippen molar-refractivity contribution in [3.05, 3.63) is 59.7 Å². The van der Waals surface area contributed by atoms with Gasteiger partial charge in [-0.15, -0.1) is 0 Å². The second-order valence-corrected chi connectivity index (χ2v) is 7.05. The maximum Gasteiger partial charge on any atom is 0.247 e. The standard InChI is InChI=1S/C22H19N3O4/c26-19(17-6-7-22(27)25(24-17)15-4-2-1-3-5-15)12-18-16-11-21-20(28-13-29-21)10-14(16)8-9-23-18/h1-5,10-12,23H,6-9,13H2. The van der Waals surface area contributed by atoms with Crippen LogP contribution < -0.4 is 19.8 Å². The zero-order valence-corrected chi connectivity index (χ0v) is 15.7. The maximum atomic E-state index is 13.0. The number of allylic oxidation sites excluding steroid dienone is 1. The number of hydrazone groups is 1. The summed E-state index contributed by atoms with van der Waals surface area (Å²) >= 11 is 0. The van der Waals surface area contributed by atoms with Crippen LogP contribution in [-0.2, 0) is 16.0 Å². The number of benzene rings is 2. The number of ether oxygens (including phenoxy) is 2. The summed E-state index contributed by atoms with van der Waals surface area (Å²) < 4.78 is 10.9. The van der Waals surface area contributed by atoms with E-state index in [1.54, 1.807) is 18.2 Å². The van der Waals surface area contributed by atoms with Crippen molar-refractivity contribution >= 4 is 28.8 Å². The minimum atomic E-state index is -0.202. The molecule has 7 heteroatoms. The topological polar surface area (TPSA) is 80.2 Å². The van der Waals surface area contributed by atoms with E-state index in [9.17, 15) is 9.59 Å². The van der Waals surface area contributed by atoms with Gasteiger partial charge in [-0.25, -0.2) is 5.01 Å². The highest BCUT2D eigenvalue weighted by atomic mass is 16.7. The molecule has 0 bridgehead atoms. The SMILES string of the molecule is O=C(C=C1NCCc2cc3c(cc21)OCO3)C1=NN(c2ccccc2)C(=O)CC1. The highest BCUT2D eigenvalue weighted by molar-refractivity contribution is 6.46. The van der Waals surface area contributed by atoms with E-state index in [0.29, 0.717) is 23.6 Å². The molecule has 0 fully saturated rings. The Balaban J connectivity index is 1.46. The van der Waals surface area contributed by atoms with E-state index >= 15 is 0 Å². The average Bonchev–Trinajstić information content (AvgIpc) is 3.21. The highest BCUT2D eigenvalue weighted by Gasteiger charge is 2.26. The molecule has 0 atom stereocenters. The predicted molar refractivity (Wildman–Crippen MR) is 108 cm³/mol. The summed E-state index contributed by atoms with van der Waals surface area (Å²) in [4.78, 5) is 25.2. The van der Waals surface area contributed by atoms with Crippen molar-refractivity contribution in [2.45, 2.75) is 19.3 Å². The van der Waals surface area contributed by atoms with Crippen LogP contribution in [0, 0.1) is 0 Å². The van der Waals surface area contributed by atoms with E-state index in [1.165, 1.54) is 5.01 Å². The first-order chi connectivity index (χ1) is 14.2. The van der Waals surface area contributed by atoms with Crippen molar-refractivity contribution in [2.75, 3.05) is 18.3 Å². The fraction of sp³-hybridized carbons (Fsp3) is 0.227. The first-order valence-corrected chi connectivity index (χ1v) is 9.57. The number of carbonyl (C=O) groups is 2. The highest BCUT2D eigenvalue weighted by Crippen LogP contribution is 2.38. The molecule has 2 aromatic rings. The van der Waals surface area contributed by atoms with E-state index in [-0.39, 0.29) is 24.9 Å². The van der Waals surface area contributed by atoms with Gasteiger partial charge in [0.05, 0.1) is 5.69 Å². The Kier molecular flexibility index (Phi) is 4.27. The van der Waals surface area contributed by atoms with Crippen LogP contribution in [0.3, 0.4) is 0 Å². The van der Waals surface area contributed by atoms with Crippen molar-refractivity contribution in [2.24, 2.45) is 5.10 Å². The summed E-state index contributed by atoms with van der Waals surface area (Å²) in [5.41, 5.74) is 3.81. The number of amides is 1. The number of nitrogens with one attached hydrogen (secondary N) is 1. The van der Waals surface area contributed by atoms with Gasteiger partial charge in [0, 0.05) is 36.7 Å². The van der Waals surface area contributed by atoms with Crippen molar-refractivity contribution in [3.8, 4) is 11.5 Å². The number of anilines is 1. The Bertz CT molecular complexity index is 1060. The zero-order valence-electron chi connectivity index (χ0n) is 15.7. The Morgan fingerprint density at radius 2 is 1.86 bits per heavy atom. The number of nitrogens with zero attached hydrogens (tertiary/aromatic N) is 2. The molecule has 0 saturated heterocycles. The minimum Gasteiger partial charge on any atom is -0.454 e. The largest absolute Gasteiger partial charge is 0.454 e. The molecular weight excluding hydrogens is 370 g/mol. The van der Waals surface area contributed by atoms with Crippen LogP contribution in [0.1, 0.15) is 24.0 Å². The molecule has 0 spiro atoms. The molecule has 3 heterocycles. The van der Waals surface area contributed by atoms with Crippen LogP contribution in [0.5, 0.6) is 11.5 Å². The number of hydrogen-bond acceptors (Lipinski definition) is 6. The van der Waals surface area contributed by atoms with Gasteiger partial charge in [0.2, 0.25) is 18.5 Å². The number of carbonyl (C=O) groups excluding carboxylic acids is 2. The first-order valence-electron chi connectivity index (χ1n) is 9.57. The average molecular weight is 389 g/mol. The second-order valence-electron chi connectivity index (χ2n) is 7.05. The summed E-state index contributed by atoms with van der Waals surface area (Å²) in [5, 5.41) is 8.96. The third kappa shape index (κ3) is 3.24. The van der Waals surface area contributed by atoms with Gasteiger partial charge in [0.15, 0.2) is 11.5 Å². The minimum absolute atomic E-state index is 0.116. The zero-order chi connectivity index (χ0) is 19.8. The Morgan fingerprint density at radius 1 is 1.07 bits per heavy atom. The molecule has 29 heavy (non-hydrogen) atoms. The van der Waals surface area contributed by atoms with E-state index < -0.39 is 0 Å². The molecule has 7 nitrogen and oxygen atoms in total. The molecule has 0 saturated carbocycles. The molecule has 3 aliphatic rings. The summed E-state index contributed by atoms with van der Waals surface area (Å²) in [6.45, 7) is 0.941. The molecule has 2 aromatic carbocycles. The molecule has 0 radical (unpaired) electrons. The van der Waals surface area contributed by atoms with Gasteiger partial charge in [-0.3, -0.25) is 9.59 Å². The predicted octanol–water partition coefficient (Wildman–Crippen LogP) is 2.65. The van der Waals surface area contributed by atoms with Crippen molar-refractivity contribution in [1.29, 1.82) is 0 Å². The molecule has 5 rings (SSSR count). The van der Waals surface area contributed by atoms with Gasteiger partial charge in [0.25, 0.3) is 0 Å². The van der Waals surface area contributed by atoms with E-state index in [0.717, 1.165) is 35.5 Å². The smallest absolute Gasteiger partial charge is 0.247 e. The van der Waals surface area contributed by atoms with E-state index in [2.05, 4.69) is 10.4 Å². The van der Waals surface area contributed by atoms with Crippen LogP contribution in [0.15, 0.2) is 53.6 Å². The third-order valence-corrected chi connectivity index (χ3v) is 5.19. The lowest BCUT2D eigenvalue weighted by atomic mass is 9.95. The first kappa shape index (κ1) is 17.5. The third-order valence-electron chi connectivity index (χ3n) is 5.19. The molecule has 3 aliphatic heterocycles. The second kappa shape index (κ2) is 7.09. The molecule has 0 aromatic heterocycles. The summed E-state index contributed by atoms with van der Waals surface area (Å²) in [5.74, 6) is 1.10. The molecular formula is C22H19N3O4. The molecule has 146 valence electrons.